The molecule has 1 unspecified atom stereocenters. The highest BCUT2D eigenvalue weighted by atomic mass is 16.5. The molecule has 0 saturated carbocycles. The van der Waals surface area contributed by atoms with Gasteiger partial charge in [-0.05, 0) is 74.2 Å². The molecule has 0 aliphatic carbocycles. The van der Waals surface area contributed by atoms with Crippen LogP contribution in [0.3, 0.4) is 0 Å². The standard InChI is InChI=1S/C36H42N2O7/c1-24(2)45-29-13-12-28(21-25(29)3)34(39)32-33(38(36(41)35(32)40)16-8-15-37-17-19-43-20-18-37)27-11-14-30(31(22-27)42-4)44-23-26-9-6-5-7-10-26/h5-7,9-14,21-22,24,33,39H,8,15-20,23H2,1-4H3. The number of likely N-dealkylation sites (tertiary alicyclic amines) is 1. The van der Waals surface area contributed by atoms with E-state index in [0.717, 1.165) is 30.8 Å². The number of aliphatic hydroxyl groups is 1. The lowest BCUT2D eigenvalue weighted by Crippen LogP contribution is -2.39. The van der Waals surface area contributed by atoms with Crippen LogP contribution in [-0.2, 0) is 20.9 Å². The summed E-state index contributed by atoms with van der Waals surface area (Å²) < 4.78 is 23.1. The number of aryl methyl sites for hydroxylation is 1. The zero-order chi connectivity index (χ0) is 31.9. The van der Waals surface area contributed by atoms with Crippen molar-refractivity contribution in [3.05, 3.63) is 94.6 Å². The number of Topliss-reactive ketones (excluding diaryl/α,β-unsaturated/α-hetero) is 1. The number of carbonyl (C=O) groups excluding carboxylic acids is 2. The maximum Gasteiger partial charge on any atom is 0.295 e. The Morgan fingerprint density at radius 2 is 1.69 bits per heavy atom. The van der Waals surface area contributed by atoms with E-state index in [9.17, 15) is 14.7 Å². The summed E-state index contributed by atoms with van der Waals surface area (Å²) in [7, 11) is 1.55. The summed E-state index contributed by atoms with van der Waals surface area (Å²) in [6.45, 7) is 10.3. The van der Waals surface area contributed by atoms with E-state index >= 15 is 0 Å². The number of hydrogen-bond donors (Lipinski definition) is 1. The van der Waals surface area contributed by atoms with Crippen molar-refractivity contribution in [3.63, 3.8) is 0 Å². The SMILES string of the molecule is COc1cc(C2C(=C(O)c3ccc(OC(C)C)c(C)c3)C(=O)C(=O)N2CCCN2CCOCC2)ccc1OCc1ccccc1. The smallest absolute Gasteiger partial charge is 0.295 e. The lowest BCUT2D eigenvalue weighted by molar-refractivity contribution is -0.140. The molecule has 1 N–H and O–H groups in total. The summed E-state index contributed by atoms with van der Waals surface area (Å²) in [5, 5.41) is 11.6. The van der Waals surface area contributed by atoms with E-state index in [2.05, 4.69) is 4.90 Å². The quantitative estimate of drug-likeness (QED) is 0.162. The summed E-state index contributed by atoms with van der Waals surface area (Å²) in [5.74, 6) is 0.115. The first-order chi connectivity index (χ1) is 21.8. The van der Waals surface area contributed by atoms with Gasteiger partial charge in [-0.3, -0.25) is 14.5 Å². The number of aliphatic hydroxyl groups excluding tert-OH is 1. The van der Waals surface area contributed by atoms with E-state index in [0.29, 0.717) is 61.2 Å². The molecule has 1 atom stereocenters. The molecule has 0 radical (unpaired) electrons. The predicted octanol–water partition coefficient (Wildman–Crippen LogP) is 5.51. The highest BCUT2D eigenvalue weighted by molar-refractivity contribution is 6.46. The van der Waals surface area contributed by atoms with Gasteiger partial charge in [0.25, 0.3) is 11.7 Å². The zero-order valence-electron chi connectivity index (χ0n) is 26.5. The van der Waals surface area contributed by atoms with Crippen molar-refractivity contribution in [1.82, 2.24) is 9.80 Å². The van der Waals surface area contributed by atoms with Crippen LogP contribution in [0.2, 0.25) is 0 Å². The first-order valence-electron chi connectivity index (χ1n) is 15.5. The van der Waals surface area contributed by atoms with Crippen LogP contribution in [0.5, 0.6) is 17.2 Å². The fourth-order valence-electron chi connectivity index (χ4n) is 5.79. The lowest BCUT2D eigenvalue weighted by atomic mass is 9.94. The minimum atomic E-state index is -0.807. The average Bonchev–Trinajstić information content (AvgIpc) is 3.30. The molecule has 5 rings (SSSR count). The van der Waals surface area contributed by atoms with Gasteiger partial charge in [0.15, 0.2) is 11.5 Å². The van der Waals surface area contributed by atoms with Crippen LogP contribution in [0.4, 0.5) is 0 Å². The molecule has 0 bridgehead atoms. The molecule has 2 saturated heterocycles. The minimum absolute atomic E-state index is 0.0134. The second kappa shape index (κ2) is 14.6. The van der Waals surface area contributed by atoms with Crippen LogP contribution < -0.4 is 14.2 Å². The van der Waals surface area contributed by atoms with Crippen LogP contribution >= 0.6 is 0 Å². The molecular weight excluding hydrogens is 572 g/mol. The number of benzene rings is 3. The van der Waals surface area contributed by atoms with Crippen molar-refractivity contribution < 1.29 is 33.6 Å². The van der Waals surface area contributed by atoms with Crippen LogP contribution in [0, 0.1) is 6.92 Å². The van der Waals surface area contributed by atoms with Gasteiger partial charge in [0.05, 0.1) is 38.0 Å². The average molecular weight is 615 g/mol. The number of ether oxygens (including phenoxy) is 4. The zero-order valence-corrected chi connectivity index (χ0v) is 26.5. The highest BCUT2D eigenvalue weighted by Gasteiger charge is 2.46. The number of carbonyl (C=O) groups is 2. The Labute approximate surface area is 265 Å². The molecule has 2 aliphatic rings. The third-order valence-electron chi connectivity index (χ3n) is 8.07. The first kappa shape index (κ1) is 32.1. The fraction of sp³-hybridized carbons (Fsp3) is 0.389. The molecule has 9 heteroatoms. The van der Waals surface area contributed by atoms with Crippen molar-refractivity contribution in [2.45, 2.75) is 45.9 Å². The van der Waals surface area contributed by atoms with Gasteiger partial charge in [-0.15, -0.1) is 0 Å². The Kier molecular flexibility index (Phi) is 10.4. The summed E-state index contributed by atoms with van der Waals surface area (Å²) in [4.78, 5) is 31.1. The number of amides is 1. The Morgan fingerprint density at radius 1 is 0.956 bits per heavy atom. The van der Waals surface area contributed by atoms with Crippen LogP contribution in [0.25, 0.3) is 5.76 Å². The lowest BCUT2D eigenvalue weighted by Gasteiger charge is -2.29. The molecule has 2 fully saturated rings. The molecule has 0 spiro atoms. The largest absolute Gasteiger partial charge is 0.507 e. The molecule has 3 aromatic rings. The number of methoxy groups -OCH3 is 1. The van der Waals surface area contributed by atoms with E-state index in [1.807, 2.05) is 57.2 Å². The predicted molar refractivity (Wildman–Crippen MR) is 172 cm³/mol. The van der Waals surface area contributed by atoms with Gasteiger partial charge in [0, 0.05) is 31.7 Å². The number of morpholine rings is 1. The topological polar surface area (TPSA) is 97.8 Å². The molecule has 45 heavy (non-hydrogen) atoms. The van der Waals surface area contributed by atoms with Gasteiger partial charge in [0.1, 0.15) is 18.1 Å². The molecule has 9 nitrogen and oxygen atoms in total. The van der Waals surface area contributed by atoms with Gasteiger partial charge in [-0.1, -0.05) is 36.4 Å². The molecule has 1 amide bonds. The molecule has 238 valence electrons. The van der Waals surface area contributed by atoms with Crippen LogP contribution in [0.1, 0.15) is 48.6 Å². The number of ketones is 1. The molecule has 2 heterocycles. The Bertz CT molecular complexity index is 1530. The first-order valence-corrected chi connectivity index (χ1v) is 15.5. The van der Waals surface area contributed by atoms with E-state index < -0.39 is 17.7 Å². The Balaban J connectivity index is 1.49. The van der Waals surface area contributed by atoms with E-state index in [1.54, 1.807) is 42.3 Å². The van der Waals surface area contributed by atoms with Crippen molar-refractivity contribution in [1.29, 1.82) is 0 Å². The van der Waals surface area contributed by atoms with Gasteiger partial charge in [-0.2, -0.15) is 0 Å². The maximum atomic E-state index is 13.6. The molecular formula is C36H42N2O7. The van der Waals surface area contributed by atoms with Crippen molar-refractivity contribution >= 4 is 17.4 Å². The number of hydrogen-bond acceptors (Lipinski definition) is 8. The Hall–Kier alpha value is -4.34. The van der Waals surface area contributed by atoms with Crippen LogP contribution in [-0.4, -0.2) is 79.2 Å². The summed E-state index contributed by atoms with van der Waals surface area (Å²) in [6, 6.07) is 19.7. The fourth-order valence-corrected chi connectivity index (χ4v) is 5.79. The van der Waals surface area contributed by atoms with E-state index in [4.69, 9.17) is 18.9 Å². The van der Waals surface area contributed by atoms with Crippen molar-refractivity contribution in [3.8, 4) is 17.2 Å². The van der Waals surface area contributed by atoms with Gasteiger partial charge < -0.3 is 29.0 Å². The van der Waals surface area contributed by atoms with Gasteiger partial charge in [-0.25, -0.2) is 0 Å². The molecule has 3 aromatic carbocycles. The maximum absolute atomic E-state index is 13.6. The third-order valence-corrected chi connectivity index (χ3v) is 8.07. The Morgan fingerprint density at radius 3 is 2.38 bits per heavy atom. The number of rotatable bonds is 12. The molecule has 0 aromatic heterocycles. The summed E-state index contributed by atoms with van der Waals surface area (Å²) >= 11 is 0. The van der Waals surface area contributed by atoms with Crippen molar-refractivity contribution in [2.75, 3.05) is 46.5 Å². The van der Waals surface area contributed by atoms with E-state index in [-0.39, 0.29) is 17.4 Å². The highest BCUT2D eigenvalue weighted by Crippen LogP contribution is 2.42. The number of nitrogens with zero attached hydrogens (tertiary/aromatic N) is 2. The van der Waals surface area contributed by atoms with Gasteiger partial charge >= 0.3 is 0 Å². The summed E-state index contributed by atoms with van der Waals surface area (Å²) in [5.41, 5.74) is 2.95. The molecule has 2 aliphatic heterocycles. The second-order valence-electron chi connectivity index (χ2n) is 11.6. The van der Waals surface area contributed by atoms with E-state index in [1.165, 1.54) is 0 Å². The van der Waals surface area contributed by atoms with Gasteiger partial charge in [0.2, 0.25) is 0 Å². The normalized spacial score (nSPS) is 18.4. The minimum Gasteiger partial charge on any atom is -0.507 e. The van der Waals surface area contributed by atoms with Crippen molar-refractivity contribution in [2.24, 2.45) is 0 Å². The third kappa shape index (κ3) is 7.49. The monoisotopic (exact) mass is 614 g/mol. The van der Waals surface area contributed by atoms with Crippen LogP contribution in [0.15, 0.2) is 72.3 Å². The second-order valence-corrected chi connectivity index (χ2v) is 11.6. The summed E-state index contributed by atoms with van der Waals surface area (Å²) in [6.07, 6.45) is 0.653.